The zero-order valence-corrected chi connectivity index (χ0v) is 19.8. The maximum absolute atomic E-state index is 13.2. The first-order valence-corrected chi connectivity index (χ1v) is 12.2. The van der Waals surface area contributed by atoms with Crippen LogP contribution in [-0.2, 0) is 22.7 Å². The molecule has 1 aliphatic rings. The number of unbranched alkanes of at least 4 members (excludes halogenated alkanes) is 1. The van der Waals surface area contributed by atoms with Crippen LogP contribution in [0.4, 0.5) is 0 Å². The SMILES string of the molecule is CCC(C)NC(=O)Cn1c(=O)n(CCCCC(=O)NC2CCCCC2)c(=O)c2ccccc21. The number of rotatable bonds is 10. The van der Waals surface area contributed by atoms with Crippen molar-refractivity contribution in [3.63, 3.8) is 0 Å². The normalized spacial score (nSPS) is 15.3. The Bertz CT molecular complexity index is 1080. The fourth-order valence-corrected chi connectivity index (χ4v) is 4.39. The molecule has 3 rings (SSSR count). The average Bonchev–Trinajstić information content (AvgIpc) is 2.81. The van der Waals surface area contributed by atoms with Crippen molar-refractivity contribution in [2.75, 3.05) is 0 Å². The highest BCUT2D eigenvalue weighted by Crippen LogP contribution is 2.17. The molecule has 1 aliphatic carbocycles. The number of nitrogens with one attached hydrogen (secondary N) is 2. The van der Waals surface area contributed by atoms with Crippen LogP contribution >= 0.6 is 0 Å². The van der Waals surface area contributed by atoms with Crippen molar-refractivity contribution in [3.8, 4) is 0 Å². The molecule has 33 heavy (non-hydrogen) atoms. The minimum Gasteiger partial charge on any atom is -0.353 e. The molecule has 0 bridgehead atoms. The van der Waals surface area contributed by atoms with Gasteiger partial charge in [0.25, 0.3) is 5.56 Å². The zero-order valence-electron chi connectivity index (χ0n) is 19.8. The number of nitrogens with zero attached hydrogens (tertiary/aromatic N) is 2. The Kier molecular flexibility index (Phi) is 8.86. The van der Waals surface area contributed by atoms with Gasteiger partial charge in [0, 0.05) is 25.0 Å². The van der Waals surface area contributed by atoms with Gasteiger partial charge in [0.2, 0.25) is 11.8 Å². The summed E-state index contributed by atoms with van der Waals surface area (Å²) in [5.74, 6) is -0.229. The molecule has 0 radical (unpaired) electrons. The number of carbonyl (C=O) groups excluding carboxylic acids is 2. The molecule has 0 saturated heterocycles. The summed E-state index contributed by atoms with van der Waals surface area (Å²) < 4.78 is 2.56. The third-order valence-electron chi connectivity index (χ3n) is 6.46. The Hall–Kier alpha value is -2.90. The molecular formula is C25H36N4O4. The van der Waals surface area contributed by atoms with E-state index in [2.05, 4.69) is 10.6 Å². The zero-order chi connectivity index (χ0) is 23.8. The largest absolute Gasteiger partial charge is 0.353 e. The van der Waals surface area contributed by atoms with E-state index in [0.29, 0.717) is 30.2 Å². The molecule has 1 saturated carbocycles. The fourth-order valence-electron chi connectivity index (χ4n) is 4.39. The van der Waals surface area contributed by atoms with Crippen LogP contribution in [0.25, 0.3) is 10.9 Å². The standard InChI is InChI=1S/C25H36N4O4/c1-3-18(2)26-23(31)17-29-21-14-8-7-13-20(21)24(32)28(25(29)33)16-10-9-15-22(30)27-19-11-5-4-6-12-19/h7-8,13-14,18-19H,3-6,9-12,15-17H2,1-2H3,(H,26,31)(H,27,30). The van der Waals surface area contributed by atoms with Crippen LogP contribution in [0.2, 0.25) is 0 Å². The highest BCUT2D eigenvalue weighted by Gasteiger charge is 2.17. The van der Waals surface area contributed by atoms with Gasteiger partial charge < -0.3 is 10.6 Å². The quantitative estimate of drug-likeness (QED) is 0.537. The van der Waals surface area contributed by atoms with Gasteiger partial charge in [-0.3, -0.25) is 23.5 Å². The Morgan fingerprint density at radius 2 is 1.76 bits per heavy atom. The summed E-state index contributed by atoms with van der Waals surface area (Å²) in [5.41, 5.74) is -0.402. The lowest BCUT2D eigenvalue weighted by atomic mass is 9.95. The monoisotopic (exact) mass is 456 g/mol. The predicted molar refractivity (Wildman–Crippen MR) is 129 cm³/mol. The van der Waals surface area contributed by atoms with Crippen LogP contribution in [0.5, 0.6) is 0 Å². The lowest BCUT2D eigenvalue weighted by Crippen LogP contribution is -2.43. The minimum atomic E-state index is -0.496. The second kappa shape index (κ2) is 11.8. The van der Waals surface area contributed by atoms with Crippen molar-refractivity contribution >= 4 is 22.7 Å². The van der Waals surface area contributed by atoms with Gasteiger partial charge in [0.05, 0.1) is 10.9 Å². The van der Waals surface area contributed by atoms with E-state index >= 15 is 0 Å². The van der Waals surface area contributed by atoms with E-state index in [1.165, 1.54) is 15.6 Å². The molecule has 1 unspecified atom stereocenters. The van der Waals surface area contributed by atoms with E-state index < -0.39 is 5.69 Å². The number of carbonyl (C=O) groups is 2. The molecule has 8 heteroatoms. The molecule has 1 aromatic heterocycles. The number of para-hydroxylation sites is 1. The van der Waals surface area contributed by atoms with Crippen LogP contribution in [0.15, 0.2) is 33.9 Å². The second-order valence-electron chi connectivity index (χ2n) is 9.08. The third-order valence-corrected chi connectivity index (χ3v) is 6.46. The number of hydrogen-bond donors (Lipinski definition) is 2. The first-order chi connectivity index (χ1) is 15.9. The van der Waals surface area contributed by atoms with Crippen molar-refractivity contribution in [1.82, 2.24) is 19.8 Å². The van der Waals surface area contributed by atoms with Crippen molar-refractivity contribution < 1.29 is 9.59 Å². The number of aromatic nitrogens is 2. The lowest BCUT2D eigenvalue weighted by Gasteiger charge is -2.22. The third kappa shape index (κ3) is 6.55. The van der Waals surface area contributed by atoms with Gasteiger partial charge in [-0.2, -0.15) is 0 Å². The Morgan fingerprint density at radius 1 is 1.03 bits per heavy atom. The van der Waals surface area contributed by atoms with Crippen molar-refractivity contribution in [1.29, 1.82) is 0 Å². The van der Waals surface area contributed by atoms with Gasteiger partial charge in [0.1, 0.15) is 6.54 Å². The van der Waals surface area contributed by atoms with Gasteiger partial charge in [-0.25, -0.2) is 4.79 Å². The number of fused-ring (bicyclic) bond motifs is 1. The van der Waals surface area contributed by atoms with Gasteiger partial charge in [-0.15, -0.1) is 0 Å². The van der Waals surface area contributed by atoms with Crippen LogP contribution < -0.4 is 21.9 Å². The molecule has 1 aromatic carbocycles. The highest BCUT2D eigenvalue weighted by atomic mass is 16.2. The van der Waals surface area contributed by atoms with E-state index in [4.69, 9.17) is 0 Å². The molecule has 1 fully saturated rings. The minimum absolute atomic E-state index is 0.00475. The van der Waals surface area contributed by atoms with Gasteiger partial charge in [-0.1, -0.05) is 38.3 Å². The van der Waals surface area contributed by atoms with Gasteiger partial charge in [-0.05, 0) is 51.2 Å². The summed E-state index contributed by atoms with van der Waals surface area (Å²) in [7, 11) is 0. The van der Waals surface area contributed by atoms with E-state index in [0.717, 1.165) is 32.1 Å². The molecule has 1 atom stereocenters. The molecule has 8 nitrogen and oxygen atoms in total. The summed E-state index contributed by atoms with van der Waals surface area (Å²) >= 11 is 0. The molecule has 1 heterocycles. The second-order valence-corrected chi connectivity index (χ2v) is 9.08. The number of amides is 2. The first kappa shape index (κ1) is 24.7. The van der Waals surface area contributed by atoms with E-state index in [9.17, 15) is 19.2 Å². The van der Waals surface area contributed by atoms with E-state index in [1.807, 2.05) is 13.8 Å². The summed E-state index contributed by atoms with van der Waals surface area (Å²) in [4.78, 5) is 50.8. The topological polar surface area (TPSA) is 102 Å². The Morgan fingerprint density at radius 3 is 2.48 bits per heavy atom. The van der Waals surface area contributed by atoms with Crippen molar-refractivity contribution in [2.45, 2.75) is 96.8 Å². The summed E-state index contributed by atoms with van der Waals surface area (Å²) in [6.45, 7) is 3.95. The smallest absolute Gasteiger partial charge is 0.331 e. The van der Waals surface area contributed by atoms with Gasteiger partial charge >= 0.3 is 5.69 Å². The van der Waals surface area contributed by atoms with Crippen LogP contribution in [0.1, 0.15) is 71.6 Å². The molecule has 0 aliphatic heterocycles. The van der Waals surface area contributed by atoms with Crippen molar-refractivity contribution in [3.05, 3.63) is 45.1 Å². The van der Waals surface area contributed by atoms with Crippen molar-refractivity contribution in [2.24, 2.45) is 0 Å². The van der Waals surface area contributed by atoms with E-state index in [-0.39, 0.29) is 42.5 Å². The average molecular weight is 457 g/mol. The lowest BCUT2D eigenvalue weighted by molar-refractivity contribution is -0.123. The Labute approximate surface area is 194 Å². The molecule has 2 aromatic rings. The summed E-state index contributed by atoms with van der Waals surface area (Å²) in [6.07, 6.45) is 7.94. The van der Waals surface area contributed by atoms with Crippen LogP contribution in [0, 0.1) is 0 Å². The first-order valence-electron chi connectivity index (χ1n) is 12.2. The molecule has 180 valence electrons. The molecular weight excluding hydrogens is 420 g/mol. The van der Waals surface area contributed by atoms with E-state index in [1.54, 1.807) is 24.3 Å². The van der Waals surface area contributed by atoms with Crippen LogP contribution in [-0.4, -0.2) is 33.0 Å². The van der Waals surface area contributed by atoms with Gasteiger partial charge in [0.15, 0.2) is 0 Å². The maximum Gasteiger partial charge on any atom is 0.331 e. The Balaban J connectivity index is 1.69. The molecule has 2 N–H and O–H groups in total. The predicted octanol–water partition coefficient (Wildman–Crippen LogP) is 2.70. The van der Waals surface area contributed by atoms with Crippen LogP contribution in [0.3, 0.4) is 0 Å². The molecule has 0 spiro atoms. The summed E-state index contributed by atoms with van der Waals surface area (Å²) in [5, 5.41) is 6.38. The number of benzene rings is 1. The maximum atomic E-state index is 13.2. The summed E-state index contributed by atoms with van der Waals surface area (Å²) in [6, 6.07) is 7.15. The highest BCUT2D eigenvalue weighted by molar-refractivity contribution is 5.81. The number of hydrogen-bond acceptors (Lipinski definition) is 4. The molecule has 2 amide bonds. The fraction of sp³-hybridized carbons (Fsp3) is 0.600.